The zero-order valence-corrected chi connectivity index (χ0v) is 21.0. The summed E-state index contributed by atoms with van der Waals surface area (Å²) in [5, 5.41) is 11.2. The lowest BCUT2D eigenvalue weighted by atomic mass is 9.86. The third-order valence-corrected chi connectivity index (χ3v) is 7.79. The van der Waals surface area contributed by atoms with Gasteiger partial charge in [0.1, 0.15) is 17.5 Å². The molecule has 4 aromatic rings. The van der Waals surface area contributed by atoms with Gasteiger partial charge in [-0.3, -0.25) is 0 Å². The number of rotatable bonds is 4. The number of hydrogen-bond donors (Lipinski definition) is 1. The highest BCUT2D eigenvalue weighted by Crippen LogP contribution is 2.52. The molecule has 0 saturated carbocycles. The van der Waals surface area contributed by atoms with Gasteiger partial charge in [-0.05, 0) is 48.0 Å². The highest BCUT2D eigenvalue weighted by Gasteiger charge is 2.42. The quantitative estimate of drug-likeness (QED) is 0.303. The third kappa shape index (κ3) is 3.37. The van der Waals surface area contributed by atoms with Gasteiger partial charge in [-0.15, -0.1) is 16.4 Å². The molecule has 0 spiro atoms. The Bertz CT molecular complexity index is 1380. The molecule has 0 saturated heterocycles. The molecule has 6 rings (SSSR count). The van der Waals surface area contributed by atoms with Crippen molar-refractivity contribution in [3.63, 3.8) is 0 Å². The number of thioether (sulfide) groups is 1. The molecule has 0 fully saturated rings. The van der Waals surface area contributed by atoms with Gasteiger partial charge in [-0.1, -0.05) is 45.9 Å². The molecule has 2 atom stereocenters. The Hall–Kier alpha value is -2.75. The Balaban J connectivity index is 1.65. The fraction of sp³-hybridized carbons (Fsp3) is 0.167. The Morgan fingerprint density at radius 3 is 2.85 bits per heavy atom. The molecule has 0 aliphatic carbocycles. The van der Waals surface area contributed by atoms with E-state index in [0.717, 1.165) is 49.5 Å². The second-order valence-electron chi connectivity index (χ2n) is 7.62. The van der Waals surface area contributed by atoms with E-state index in [1.807, 2.05) is 41.3 Å². The van der Waals surface area contributed by atoms with E-state index in [-0.39, 0.29) is 12.1 Å². The van der Waals surface area contributed by atoms with Gasteiger partial charge in [0.15, 0.2) is 6.10 Å². The van der Waals surface area contributed by atoms with Crippen LogP contribution in [0.4, 0.5) is 5.95 Å². The SMILES string of the molecule is COc1ccc(Br)cc1[C@@H]1Oc2ccccc2C2=C1[C@@H](c1cccs1)n1nc(SC)nc1N2. The van der Waals surface area contributed by atoms with Crippen LogP contribution in [0.3, 0.4) is 0 Å². The van der Waals surface area contributed by atoms with E-state index in [1.165, 1.54) is 16.6 Å². The van der Waals surface area contributed by atoms with Crippen LogP contribution in [0.5, 0.6) is 11.5 Å². The summed E-state index contributed by atoms with van der Waals surface area (Å²) in [6.07, 6.45) is 1.61. The van der Waals surface area contributed by atoms with Crippen molar-refractivity contribution in [3.05, 3.63) is 86.0 Å². The summed E-state index contributed by atoms with van der Waals surface area (Å²) in [6, 6.07) is 18.2. The molecule has 2 aromatic heterocycles. The van der Waals surface area contributed by atoms with Gasteiger partial charge in [0.25, 0.3) is 0 Å². The van der Waals surface area contributed by atoms with Gasteiger partial charge in [0.05, 0.1) is 12.8 Å². The first kappa shape index (κ1) is 20.8. The van der Waals surface area contributed by atoms with Crippen LogP contribution in [0, 0.1) is 0 Å². The van der Waals surface area contributed by atoms with Gasteiger partial charge in [-0.2, -0.15) is 4.98 Å². The van der Waals surface area contributed by atoms with Crippen LogP contribution in [0.1, 0.15) is 28.1 Å². The van der Waals surface area contributed by atoms with E-state index >= 15 is 0 Å². The molecule has 2 aromatic carbocycles. The Kier molecular flexibility index (Phi) is 5.20. The van der Waals surface area contributed by atoms with Crippen molar-refractivity contribution in [2.45, 2.75) is 17.3 Å². The molecule has 0 amide bonds. The van der Waals surface area contributed by atoms with Crippen LogP contribution < -0.4 is 14.8 Å². The minimum atomic E-state index is -0.378. The first-order chi connectivity index (χ1) is 16.2. The number of nitrogens with one attached hydrogen (secondary N) is 1. The van der Waals surface area contributed by atoms with Crippen molar-refractivity contribution >= 4 is 50.7 Å². The number of nitrogens with zero attached hydrogens (tertiary/aromatic N) is 3. The van der Waals surface area contributed by atoms with Crippen LogP contribution in [-0.4, -0.2) is 28.1 Å². The maximum Gasteiger partial charge on any atom is 0.227 e. The lowest BCUT2D eigenvalue weighted by Gasteiger charge is -2.38. The molecule has 4 heterocycles. The molecule has 0 bridgehead atoms. The zero-order chi connectivity index (χ0) is 22.5. The van der Waals surface area contributed by atoms with Crippen LogP contribution in [0.25, 0.3) is 5.70 Å². The molecule has 2 aliphatic heterocycles. The van der Waals surface area contributed by atoms with Crippen LogP contribution in [0.15, 0.2) is 75.2 Å². The van der Waals surface area contributed by atoms with Gasteiger partial charge in [-0.25, -0.2) is 4.68 Å². The number of aromatic nitrogens is 3. The number of halogens is 1. The molecule has 0 unspecified atom stereocenters. The van der Waals surface area contributed by atoms with Crippen molar-refractivity contribution < 1.29 is 9.47 Å². The van der Waals surface area contributed by atoms with Crippen LogP contribution in [-0.2, 0) is 0 Å². The minimum Gasteiger partial charge on any atom is -0.496 e. The second kappa shape index (κ2) is 8.23. The Labute approximate surface area is 207 Å². The number of methoxy groups -OCH3 is 1. The molecule has 6 nitrogen and oxygen atoms in total. The van der Waals surface area contributed by atoms with Gasteiger partial charge in [0.2, 0.25) is 11.1 Å². The van der Waals surface area contributed by atoms with Crippen LogP contribution in [0.2, 0.25) is 0 Å². The molecule has 1 N–H and O–H groups in total. The maximum atomic E-state index is 6.70. The topological polar surface area (TPSA) is 61.2 Å². The normalized spacial score (nSPS) is 18.6. The van der Waals surface area contributed by atoms with E-state index in [9.17, 15) is 0 Å². The summed E-state index contributed by atoms with van der Waals surface area (Å²) in [6.45, 7) is 0. The van der Waals surface area contributed by atoms with Crippen molar-refractivity contribution in [2.24, 2.45) is 0 Å². The molecular weight excluding hydrogens is 520 g/mol. The van der Waals surface area contributed by atoms with Crippen molar-refractivity contribution in [3.8, 4) is 11.5 Å². The van der Waals surface area contributed by atoms with Crippen LogP contribution >= 0.6 is 39.0 Å². The summed E-state index contributed by atoms with van der Waals surface area (Å²) in [5.41, 5.74) is 4.05. The number of ether oxygens (including phenoxy) is 2. The number of fused-ring (bicyclic) bond motifs is 3. The number of benzene rings is 2. The van der Waals surface area contributed by atoms with Gasteiger partial charge < -0.3 is 14.8 Å². The Morgan fingerprint density at radius 1 is 1.18 bits per heavy atom. The maximum absolute atomic E-state index is 6.70. The average Bonchev–Trinajstić information content (AvgIpc) is 3.52. The first-order valence-corrected chi connectivity index (χ1v) is 13.2. The molecule has 9 heteroatoms. The summed E-state index contributed by atoms with van der Waals surface area (Å²) in [7, 11) is 1.69. The second-order valence-corrected chi connectivity index (χ2v) is 10.3. The van der Waals surface area contributed by atoms with E-state index < -0.39 is 0 Å². The Morgan fingerprint density at radius 2 is 2.06 bits per heavy atom. The molecule has 0 radical (unpaired) electrons. The number of thiophene rings is 1. The third-order valence-electron chi connectivity index (χ3n) is 5.83. The van der Waals surface area contributed by atoms with E-state index in [4.69, 9.17) is 19.6 Å². The summed E-state index contributed by atoms with van der Waals surface area (Å²) < 4.78 is 15.4. The standard InChI is InChI=1S/C24H19BrN4O2S2/c1-30-16-10-9-13(25)12-15(16)22-19-20(14-6-3-4-7-17(14)31-22)26-23-27-24(32-2)28-29(23)21(19)18-8-5-11-33-18/h3-12,21-22H,1-2H3,(H,26,27,28)/t21-,22+/m1/s1. The predicted molar refractivity (Wildman–Crippen MR) is 135 cm³/mol. The van der Waals surface area contributed by atoms with Crippen molar-refractivity contribution in [2.75, 3.05) is 18.7 Å². The van der Waals surface area contributed by atoms with E-state index in [1.54, 1.807) is 18.4 Å². The number of para-hydroxylation sites is 1. The molecule has 2 aliphatic rings. The minimum absolute atomic E-state index is 0.160. The average molecular weight is 539 g/mol. The molecule has 166 valence electrons. The lowest BCUT2D eigenvalue weighted by molar-refractivity contribution is 0.218. The lowest BCUT2D eigenvalue weighted by Crippen LogP contribution is -2.32. The summed E-state index contributed by atoms with van der Waals surface area (Å²) >= 11 is 6.87. The summed E-state index contributed by atoms with van der Waals surface area (Å²) in [4.78, 5) is 5.91. The number of anilines is 1. The predicted octanol–water partition coefficient (Wildman–Crippen LogP) is 6.39. The highest BCUT2D eigenvalue weighted by atomic mass is 79.9. The molecular formula is C24H19BrN4O2S2. The van der Waals surface area contributed by atoms with E-state index in [0.29, 0.717) is 0 Å². The highest BCUT2D eigenvalue weighted by molar-refractivity contribution is 9.10. The zero-order valence-electron chi connectivity index (χ0n) is 17.8. The van der Waals surface area contributed by atoms with E-state index in [2.05, 4.69) is 50.9 Å². The van der Waals surface area contributed by atoms with Crippen molar-refractivity contribution in [1.82, 2.24) is 14.8 Å². The fourth-order valence-electron chi connectivity index (χ4n) is 4.43. The van der Waals surface area contributed by atoms with Crippen molar-refractivity contribution in [1.29, 1.82) is 0 Å². The monoisotopic (exact) mass is 538 g/mol. The first-order valence-electron chi connectivity index (χ1n) is 10.3. The molecule has 33 heavy (non-hydrogen) atoms. The fourth-order valence-corrected chi connectivity index (χ4v) is 5.99. The summed E-state index contributed by atoms with van der Waals surface area (Å²) in [5.74, 6) is 2.32. The van der Waals surface area contributed by atoms with Gasteiger partial charge >= 0.3 is 0 Å². The smallest absolute Gasteiger partial charge is 0.227 e. The number of hydrogen-bond acceptors (Lipinski definition) is 7. The largest absolute Gasteiger partial charge is 0.496 e. The van der Waals surface area contributed by atoms with Gasteiger partial charge in [0, 0.05) is 26.0 Å².